The summed E-state index contributed by atoms with van der Waals surface area (Å²) in [6.07, 6.45) is 5.18. The number of halogens is 1. The van der Waals surface area contributed by atoms with E-state index in [4.69, 9.17) is 4.74 Å². The number of rotatable bonds is 3. The lowest BCUT2D eigenvalue weighted by Crippen LogP contribution is -3.00. The smallest absolute Gasteiger partial charge is 0.328 e. The van der Waals surface area contributed by atoms with Gasteiger partial charge in [-0.3, -0.25) is 4.79 Å². The van der Waals surface area contributed by atoms with Crippen molar-refractivity contribution in [2.75, 3.05) is 13.7 Å². The maximum atomic E-state index is 12.6. The Labute approximate surface area is 131 Å². The van der Waals surface area contributed by atoms with Crippen LogP contribution in [0.1, 0.15) is 38.5 Å². The van der Waals surface area contributed by atoms with Crippen LogP contribution in [0, 0.1) is 5.92 Å². The fraction of sp³-hybridized carbons (Fsp3) is 0.857. The van der Waals surface area contributed by atoms with Crippen LogP contribution < -0.4 is 18.1 Å². The van der Waals surface area contributed by atoms with E-state index >= 15 is 0 Å². The molecule has 1 saturated carbocycles. The first-order chi connectivity index (χ1) is 9.54. The molecule has 0 spiro atoms. The third-order valence-electron chi connectivity index (χ3n) is 4.57. The summed E-state index contributed by atoms with van der Waals surface area (Å²) < 4.78 is 4.72. The highest BCUT2D eigenvalue weighted by molar-refractivity contribution is 5.87. The van der Waals surface area contributed by atoms with Crippen LogP contribution in [0.15, 0.2) is 0 Å². The van der Waals surface area contributed by atoms with E-state index in [-0.39, 0.29) is 37.3 Å². The van der Waals surface area contributed by atoms with Gasteiger partial charge in [-0.15, -0.1) is 0 Å². The number of esters is 1. The van der Waals surface area contributed by atoms with Gasteiger partial charge in [-0.2, -0.15) is 0 Å². The van der Waals surface area contributed by atoms with Crippen LogP contribution in [-0.4, -0.2) is 53.7 Å². The second-order valence-electron chi connectivity index (χ2n) is 5.92. The van der Waals surface area contributed by atoms with Crippen molar-refractivity contribution in [3.8, 4) is 0 Å². The number of hydrogen-bond donors (Lipinski definition) is 2. The van der Waals surface area contributed by atoms with Gasteiger partial charge in [0.05, 0.1) is 13.2 Å². The van der Waals surface area contributed by atoms with Crippen molar-refractivity contribution < 1.29 is 37.6 Å². The number of amides is 1. The zero-order valence-corrected chi connectivity index (χ0v) is 13.2. The molecule has 0 aromatic carbocycles. The Balaban J connectivity index is 0.00000220. The summed E-state index contributed by atoms with van der Waals surface area (Å²) >= 11 is 0. The lowest BCUT2D eigenvalue weighted by Gasteiger charge is -2.29. The van der Waals surface area contributed by atoms with Gasteiger partial charge in [0.25, 0.3) is 5.91 Å². The van der Waals surface area contributed by atoms with Crippen molar-refractivity contribution in [1.29, 1.82) is 0 Å². The van der Waals surface area contributed by atoms with E-state index in [1.165, 1.54) is 18.4 Å². The third-order valence-corrected chi connectivity index (χ3v) is 4.57. The number of aliphatic hydroxyl groups is 1. The minimum Gasteiger partial charge on any atom is -1.00 e. The van der Waals surface area contributed by atoms with Crippen LogP contribution in [0.5, 0.6) is 0 Å². The van der Waals surface area contributed by atoms with E-state index in [0.29, 0.717) is 5.92 Å². The van der Waals surface area contributed by atoms with Gasteiger partial charge in [0.15, 0.2) is 6.04 Å². The monoisotopic (exact) mass is 320 g/mol. The Kier molecular flexibility index (Phi) is 6.90. The van der Waals surface area contributed by atoms with Gasteiger partial charge in [0.1, 0.15) is 6.04 Å². The van der Waals surface area contributed by atoms with Crippen molar-refractivity contribution in [3.63, 3.8) is 0 Å². The number of hydrogen-bond acceptors (Lipinski definition) is 4. The molecule has 0 bridgehead atoms. The fourth-order valence-corrected chi connectivity index (χ4v) is 3.37. The summed E-state index contributed by atoms with van der Waals surface area (Å²) in [6.45, 7) is 0.206. The molecule has 0 aromatic rings. The highest BCUT2D eigenvalue weighted by Crippen LogP contribution is 2.27. The molecule has 0 aromatic heterocycles. The number of nitrogens with zero attached hydrogens (tertiary/aromatic N) is 1. The van der Waals surface area contributed by atoms with E-state index in [9.17, 15) is 14.7 Å². The quantitative estimate of drug-likeness (QED) is 0.524. The van der Waals surface area contributed by atoms with E-state index in [1.54, 1.807) is 0 Å². The van der Waals surface area contributed by atoms with Gasteiger partial charge < -0.3 is 32.9 Å². The number of carbonyl (C=O) groups is 2. The molecule has 6 nitrogen and oxygen atoms in total. The molecular formula is C14H25ClN2O4. The minimum absolute atomic E-state index is 0. The number of ether oxygens (including phenoxy) is 1. The van der Waals surface area contributed by atoms with Gasteiger partial charge in [-0.25, -0.2) is 4.79 Å². The molecule has 0 unspecified atom stereocenters. The maximum Gasteiger partial charge on any atom is 0.328 e. The van der Waals surface area contributed by atoms with Crippen molar-refractivity contribution in [3.05, 3.63) is 0 Å². The van der Waals surface area contributed by atoms with Crippen LogP contribution in [0.3, 0.4) is 0 Å². The van der Waals surface area contributed by atoms with Crippen molar-refractivity contribution >= 4 is 11.9 Å². The molecule has 0 radical (unpaired) electrons. The summed E-state index contributed by atoms with van der Waals surface area (Å²) in [5, 5.41) is 9.73. The van der Waals surface area contributed by atoms with E-state index < -0.39 is 18.1 Å². The Morgan fingerprint density at radius 2 is 1.90 bits per heavy atom. The second kappa shape index (κ2) is 7.96. The summed E-state index contributed by atoms with van der Waals surface area (Å²) in [4.78, 5) is 25.8. The highest BCUT2D eigenvalue weighted by Gasteiger charge is 2.43. The summed E-state index contributed by atoms with van der Waals surface area (Å²) in [6, 6.07) is -0.983. The van der Waals surface area contributed by atoms with E-state index in [0.717, 1.165) is 25.7 Å². The number of likely N-dealkylation sites (tertiary alicyclic amines) is 1. The molecule has 4 N–H and O–H groups in total. The Bertz CT molecular complexity index is 374. The molecule has 1 amide bonds. The summed E-state index contributed by atoms with van der Waals surface area (Å²) in [7, 11) is 1.30. The van der Waals surface area contributed by atoms with Crippen LogP contribution in [0.25, 0.3) is 0 Å². The largest absolute Gasteiger partial charge is 1.00 e. The molecule has 1 heterocycles. The molecule has 1 saturated heterocycles. The molecule has 2 fully saturated rings. The lowest BCUT2D eigenvalue weighted by atomic mass is 9.83. The Hall–Kier alpha value is -0.850. The fourth-order valence-electron chi connectivity index (χ4n) is 3.37. The molecule has 2 rings (SSSR count). The normalized spacial score (nSPS) is 27.9. The second-order valence-corrected chi connectivity index (χ2v) is 5.92. The molecular weight excluding hydrogens is 296 g/mol. The van der Waals surface area contributed by atoms with Crippen LogP contribution in [-0.2, 0) is 14.3 Å². The summed E-state index contributed by atoms with van der Waals surface area (Å²) in [5.74, 6) is -0.276. The van der Waals surface area contributed by atoms with E-state index in [2.05, 4.69) is 5.73 Å². The molecule has 1 aliphatic carbocycles. The van der Waals surface area contributed by atoms with Crippen molar-refractivity contribution in [2.45, 2.75) is 56.7 Å². The first-order valence-corrected chi connectivity index (χ1v) is 7.44. The number of aliphatic hydroxyl groups excluding tert-OH is 1. The molecule has 21 heavy (non-hydrogen) atoms. The molecule has 1 aliphatic heterocycles. The SMILES string of the molecule is COC(=O)[C@@H]1C[C@@H](O)CN1C(=O)[C@@H]([NH3+])C1CCCCC1.[Cl-]. The maximum absolute atomic E-state index is 12.6. The van der Waals surface area contributed by atoms with Crippen LogP contribution in [0.4, 0.5) is 0 Å². The number of quaternary nitrogens is 1. The van der Waals surface area contributed by atoms with Crippen molar-refractivity contribution in [1.82, 2.24) is 4.90 Å². The van der Waals surface area contributed by atoms with Gasteiger partial charge >= 0.3 is 5.97 Å². The zero-order valence-electron chi connectivity index (χ0n) is 12.5. The van der Waals surface area contributed by atoms with Crippen molar-refractivity contribution in [2.24, 2.45) is 5.92 Å². The standard InChI is InChI=1S/C14H24N2O4.ClH/c1-20-14(19)11-7-10(17)8-16(11)13(18)12(15)9-5-3-2-4-6-9;/h9-12,17H,2-8,15H2,1H3;1H/t10-,11+,12+;/m1./s1. The lowest BCUT2D eigenvalue weighted by molar-refractivity contribution is -0.420. The van der Waals surface area contributed by atoms with Crippen LogP contribution >= 0.6 is 0 Å². The molecule has 3 atom stereocenters. The Morgan fingerprint density at radius 3 is 2.48 bits per heavy atom. The average molecular weight is 321 g/mol. The molecule has 2 aliphatic rings. The third kappa shape index (κ3) is 4.08. The zero-order chi connectivity index (χ0) is 14.7. The van der Waals surface area contributed by atoms with Gasteiger partial charge in [-0.05, 0) is 12.8 Å². The molecule has 7 heteroatoms. The first kappa shape index (κ1) is 18.2. The minimum atomic E-state index is -0.657. The Morgan fingerprint density at radius 1 is 1.29 bits per heavy atom. The average Bonchev–Trinajstić information content (AvgIpc) is 2.87. The number of β-amino-alcohol motifs (C(OH)–C–C–N with tert-alkyl or cyclic N) is 1. The number of carbonyl (C=O) groups excluding carboxylic acids is 2. The predicted molar refractivity (Wildman–Crippen MR) is 71.4 cm³/mol. The summed E-state index contributed by atoms with van der Waals surface area (Å²) in [5.41, 5.74) is 4.03. The van der Waals surface area contributed by atoms with E-state index in [1.807, 2.05) is 0 Å². The van der Waals surface area contributed by atoms with Gasteiger partial charge in [0, 0.05) is 18.9 Å². The van der Waals surface area contributed by atoms with Gasteiger partial charge in [-0.1, -0.05) is 19.3 Å². The topological polar surface area (TPSA) is 94.5 Å². The first-order valence-electron chi connectivity index (χ1n) is 7.44. The molecule has 122 valence electrons. The highest BCUT2D eigenvalue weighted by atomic mass is 35.5. The predicted octanol–water partition coefficient (Wildman–Crippen LogP) is -3.68. The van der Waals surface area contributed by atoms with Crippen LogP contribution in [0.2, 0.25) is 0 Å². The van der Waals surface area contributed by atoms with Gasteiger partial charge in [0.2, 0.25) is 0 Å². The number of methoxy groups -OCH3 is 1.